The Morgan fingerprint density at radius 2 is 2.38 bits per heavy atom. The molecule has 1 aromatic rings. The van der Waals surface area contributed by atoms with Crippen LogP contribution < -0.4 is 5.32 Å². The first-order valence-corrected chi connectivity index (χ1v) is 6.68. The van der Waals surface area contributed by atoms with Crippen molar-refractivity contribution in [2.45, 2.75) is 6.04 Å². The highest BCUT2D eigenvalue weighted by atomic mass is 32.2. The fourth-order valence-corrected chi connectivity index (χ4v) is 3.11. The number of carboxylic acids is 1. The van der Waals surface area contributed by atoms with Gasteiger partial charge in [0, 0.05) is 11.1 Å². The fraction of sp³-hybridized carbons (Fsp3) is 0.333. The maximum Gasteiger partial charge on any atom is 0.327 e. The zero-order valence-corrected chi connectivity index (χ0v) is 9.88. The molecule has 0 bridgehead atoms. The first-order valence-electron chi connectivity index (χ1n) is 4.59. The van der Waals surface area contributed by atoms with Gasteiger partial charge in [-0.05, 0) is 11.4 Å². The second kappa shape index (κ2) is 4.75. The van der Waals surface area contributed by atoms with Crippen molar-refractivity contribution in [1.29, 1.82) is 0 Å². The van der Waals surface area contributed by atoms with Crippen molar-refractivity contribution in [2.75, 3.05) is 16.9 Å². The van der Waals surface area contributed by atoms with Crippen LogP contribution in [0.3, 0.4) is 0 Å². The van der Waals surface area contributed by atoms with Crippen LogP contribution >= 0.6 is 23.1 Å². The summed E-state index contributed by atoms with van der Waals surface area (Å²) in [7, 11) is 0. The molecule has 2 rings (SSSR count). The monoisotopic (exact) mass is 258 g/mol. The summed E-state index contributed by atoms with van der Waals surface area (Å²) >= 11 is 2.92. The highest BCUT2D eigenvalue weighted by Gasteiger charge is 2.34. The van der Waals surface area contributed by atoms with Crippen LogP contribution in [0.1, 0.15) is 0 Å². The predicted molar refractivity (Wildman–Crippen MR) is 63.9 cm³/mol. The zero-order valence-electron chi connectivity index (χ0n) is 8.25. The van der Waals surface area contributed by atoms with E-state index < -0.39 is 12.0 Å². The summed E-state index contributed by atoms with van der Waals surface area (Å²) < 4.78 is 0. The highest BCUT2D eigenvalue weighted by Crippen LogP contribution is 2.22. The van der Waals surface area contributed by atoms with Gasteiger partial charge in [-0.25, -0.2) is 9.59 Å². The number of urea groups is 1. The second-order valence-electron chi connectivity index (χ2n) is 3.27. The number of nitrogens with zero attached hydrogens (tertiary/aromatic N) is 1. The number of thioether (sulfide) groups is 1. The summed E-state index contributed by atoms with van der Waals surface area (Å²) in [6, 6.07) is 0.709. The Balaban J connectivity index is 2.01. The smallest absolute Gasteiger partial charge is 0.327 e. The Bertz CT molecular complexity index is 393. The Morgan fingerprint density at radius 3 is 3.00 bits per heavy atom. The molecule has 2 N–H and O–H groups in total. The Labute approximate surface area is 100 Å². The highest BCUT2D eigenvalue weighted by molar-refractivity contribution is 7.99. The van der Waals surface area contributed by atoms with Gasteiger partial charge in [0.2, 0.25) is 0 Å². The minimum absolute atomic E-state index is 0.351. The average Bonchev–Trinajstić information content (AvgIpc) is 2.86. The molecule has 2 heterocycles. The van der Waals surface area contributed by atoms with E-state index >= 15 is 0 Å². The van der Waals surface area contributed by atoms with Gasteiger partial charge in [0.25, 0.3) is 0 Å². The van der Waals surface area contributed by atoms with Crippen molar-refractivity contribution in [2.24, 2.45) is 0 Å². The molecule has 0 unspecified atom stereocenters. The van der Waals surface area contributed by atoms with Crippen molar-refractivity contribution >= 4 is 40.8 Å². The summed E-state index contributed by atoms with van der Waals surface area (Å²) in [6.07, 6.45) is 0. The van der Waals surface area contributed by atoms with Gasteiger partial charge in [-0.1, -0.05) is 0 Å². The third kappa shape index (κ3) is 2.30. The van der Waals surface area contributed by atoms with Crippen LogP contribution in [0.15, 0.2) is 16.8 Å². The molecule has 0 aliphatic carbocycles. The fourth-order valence-electron chi connectivity index (χ4n) is 1.38. The Morgan fingerprint density at radius 1 is 1.56 bits per heavy atom. The molecular formula is C9H10N2O3S2. The number of thiophene rings is 1. The molecule has 86 valence electrons. The maximum atomic E-state index is 11.8. The van der Waals surface area contributed by atoms with Gasteiger partial charge in [-0.15, -0.1) is 11.8 Å². The van der Waals surface area contributed by atoms with Gasteiger partial charge >= 0.3 is 12.0 Å². The third-order valence-corrected chi connectivity index (χ3v) is 3.90. The quantitative estimate of drug-likeness (QED) is 0.847. The first-order chi connectivity index (χ1) is 7.68. The normalized spacial score (nSPS) is 19.8. The Hall–Kier alpha value is -1.21. The molecular weight excluding hydrogens is 248 g/mol. The third-order valence-electron chi connectivity index (χ3n) is 2.20. The molecule has 1 saturated heterocycles. The summed E-state index contributed by atoms with van der Waals surface area (Å²) in [5.41, 5.74) is 0.705. The van der Waals surface area contributed by atoms with Crippen molar-refractivity contribution in [3.8, 4) is 0 Å². The van der Waals surface area contributed by atoms with Crippen LogP contribution in [-0.2, 0) is 4.79 Å². The molecule has 1 aromatic heterocycles. The second-order valence-corrected chi connectivity index (χ2v) is 5.05. The zero-order chi connectivity index (χ0) is 11.5. The lowest BCUT2D eigenvalue weighted by molar-refractivity contribution is -0.140. The minimum atomic E-state index is -0.953. The lowest BCUT2D eigenvalue weighted by atomic mass is 10.3. The van der Waals surface area contributed by atoms with Crippen molar-refractivity contribution < 1.29 is 14.7 Å². The lowest BCUT2D eigenvalue weighted by Gasteiger charge is -2.20. The number of carboxylic acid groups (broad SMARTS) is 1. The van der Waals surface area contributed by atoms with E-state index in [2.05, 4.69) is 5.32 Å². The van der Waals surface area contributed by atoms with E-state index in [1.54, 1.807) is 11.4 Å². The van der Waals surface area contributed by atoms with E-state index in [9.17, 15) is 9.59 Å². The van der Waals surface area contributed by atoms with Gasteiger partial charge < -0.3 is 15.3 Å². The van der Waals surface area contributed by atoms with Crippen molar-refractivity contribution in [3.05, 3.63) is 16.8 Å². The summed E-state index contributed by atoms with van der Waals surface area (Å²) in [4.78, 5) is 24.0. The molecule has 16 heavy (non-hydrogen) atoms. The molecule has 0 radical (unpaired) electrons. The van der Waals surface area contributed by atoms with E-state index in [0.717, 1.165) is 0 Å². The van der Waals surface area contributed by atoms with Crippen LogP contribution in [0.25, 0.3) is 0 Å². The number of carbonyl (C=O) groups excluding carboxylic acids is 1. The average molecular weight is 258 g/mol. The Kier molecular flexibility index (Phi) is 3.35. The molecule has 5 nitrogen and oxygen atoms in total. The molecule has 2 amide bonds. The number of hydrogen-bond acceptors (Lipinski definition) is 4. The molecule has 7 heteroatoms. The van der Waals surface area contributed by atoms with Gasteiger partial charge in [-0.2, -0.15) is 11.3 Å². The molecule has 1 aliphatic heterocycles. The minimum Gasteiger partial charge on any atom is -0.480 e. The van der Waals surface area contributed by atoms with Gasteiger partial charge in [-0.3, -0.25) is 0 Å². The molecule has 1 fully saturated rings. The summed E-state index contributed by atoms with van der Waals surface area (Å²) in [5, 5.41) is 15.2. The van der Waals surface area contributed by atoms with Gasteiger partial charge in [0.05, 0.1) is 11.6 Å². The van der Waals surface area contributed by atoms with Crippen LogP contribution in [0.5, 0.6) is 0 Å². The number of hydrogen-bond donors (Lipinski definition) is 2. The molecule has 0 saturated carbocycles. The standard InChI is InChI=1S/C9H10N2O3S2/c12-8(13)7-4-16-5-11(7)9(14)10-6-1-2-15-3-6/h1-3,7H,4-5H2,(H,10,14)(H,12,13)/t7-/m0/s1. The largest absolute Gasteiger partial charge is 0.480 e. The number of rotatable bonds is 2. The first kappa shape index (κ1) is 11.3. The predicted octanol–water partition coefficient (Wildman–Crippen LogP) is 1.74. The van der Waals surface area contributed by atoms with Crippen molar-refractivity contribution in [3.63, 3.8) is 0 Å². The number of nitrogens with one attached hydrogen (secondary N) is 1. The van der Waals surface area contributed by atoms with E-state index in [4.69, 9.17) is 5.11 Å². The van der Waals surface area contributed by atoms with Crippen LogP contribution in [0.2, 0.25) is 0 Å². The summed E-state index contributed by atoms with van der Waals surface area (Å²) in [6.45, 7) is 0. The van der Waals surface area contributed by atoms with Gasteiger partial charge in [0.15, 0.2) is 0 Å². The molecule has 0 spiro atoms. The molecule has 1 atom stereocenters. The number of aliphatic carboxylic acids is 1. The lowest BCUT2D eigenvalue weighted by Crippen LogP contribution is -2.43. The SMILES string of the molecule is O=C(O)[C@@H]1CSCN1C(=O)Nc1ccsc1. The number of anilines is 1. The van der Waals surface area contributed by atoms with Crippen molar-refractivity contribution in [1.82, 2.24) is 4.90 Å². The summed E-state index contributed by atoms with van der Waals surface area (Å²) in [5.74, 6) is -0.0789. The van der Waals surface area contributed by atoms with E-state index in [-0.39, 0.29) is 6.03 Å². The number of amides is 2. The van der Waals surface area contributed by atoms with Crippen LogP contribution in [0.4, 0.5) is 10.5 Å². The van der Waals surface area contributed by atoms with E-state index in [1.165, 1.54) is 28.0 Å². The topological polar surface area (TPSA) is 69.6 Å². The number of carbonyl (C=O) groups is 2. The van der Waals surface area contributed by atoms with E-state index in [0.29, 0.717) is 17.3 Å². The maximum absolute atomic E-state index is 11.8. The van der Waals surface area contributed by atoms with E-state index in [1.807, 2.05) is 5.38 Å². The van der Waals surface area contributed by atoms with Crippen LogP contribution in [-0.4, -0.2) is 39.7 Å². The van der Waals surface area contributed by atoms with Gasteiger partial charge in [0.1, 0.15) is 6.04 Å². The van der Waals surface area contributed by atoms with Crippen LogP contribution in [0, 0.1) is 0 Å². The molecule has 0 aromatic carbocycles. The molecule has 1 aliphatic rings.